The molecule has 2 N–H and O–H groups in total. The zero-order chi connectivity index (χ0) is 13.0. The average molecular weight is 249 g/mol. The van der Waals surface area contributed by atoms with Crippen LogP contribution in [0.25, 0.3) is 0 Å². The first-order valence-corrected chi connectivity index (χ1v) is 6.81. The van der Waals surface area contributed by atoms with Gasteiger partial charge in [0, 0.05) is 32.1 Å². The summed E-state index contributed by atoms with van der Waals surface area (Å²) in [7, 11) is 0. The summed E-state index contributed by atoms with van der Waals surface area (Å²) in [5.74, 6) is 2.38. The number of aryl methyl sites for hydroxylation is 1. The number of nitrogen functional groups attached to an aromatic ring is 1. The second-order valence-electron chi connectivity index (χ2n) is 4.83. The van der Waals surface area contributed by atoms with Crippen LogP contribution in [0.5, 0.6) is 0 Å². The summed E-state index contributed by atoms with van der Waals surface area (Å²) in [4.78, 5) is 4.78. The second-order valence-corrected chi connectivity index (χ2v) is 4.83. The number of imidazole rings is 1. The van der Waals surface area contributed by atoms with Gasteiger partial charge >= 0.3 is 0 Å². The monoisotopic (exact) mass is 249 g/mol. The van der Waals surface area contributed by atoms with Crippen LogP contribution in [0.1, 0.15) is 43.6 Å². The van der Waals surface area contributed by atoms with E-state index in [0.717, 1.165) is 62.8 Å². The lowest BCUT2D eigenvalue weighted by molar-refractivity contribution is 0.0847. The third-order valence-electron chi connectivity index (χ3n) is 3.51. The quantitative estimate of drug-likeness (QED) is 0.816. The van der Waals surface area contributed by atoms with Crippen LogP contribution in [0.3, 0.4) is 0 Å². The standard InChI is InChI=1S/C14H23N3O/c1-3-5-12-16-13(11-6-9-18-10-7-11)14(15)17(12)8-4-2/h4,11H,2-3,5-10,15H2,1H3. The van der Waals surface area contributed by atoms with Crippen molar-refractivity contribution in [2.24, 2.45) is 0 Å². The van der Waals surface area contributed by atoms with E-state index in [9.17, 15) is 0 Å². The first kappa shape index (κ1) is 13.1. The molecule has 4 nitrogen and oxygen atoms in total. The van der Waals surface area contributed by atoms with Crippen molar-refractivity contribution in [1.29, 1.82) is 0 Å². The fraction of sp³-hybridized carbons (Fsp3) is 0.643. The Balaban J connectivity index is 2.28. The topological polar surface area (TPSA) is 53.1 Å². The molecular formula is C14H23N3O. The Morgan fingerprint density at radius 2 is 2.22 bits per heavy atom. The molecule has 0 bridgehead atoms. The summed E-state index contributed by atoms with van der Waals surface area (Å²) >= 11 is 0. The molecular weight excluding hydrogens is 226 g/mol. The largest absolute Gasteiger partial charge is 0.384 e. The Morgan fingerprint density at radius 3 is 2.83 bits per heavy atom. The van der Waals surface area contributed by atoms with Crippen molar-refractivity contribution in [3.63, 3.8) is 0 Å². The summed E-state index contributed by atoms with van der Waals surface area (Å²) in [5.41, 5.74) is 7.34. The van der Waals surface area contributed by atoms with Crippen LogP contribution in [0.15, 0.2) is 12.7 Å². The summed E-state index contributed by atoms with van der Waals surface area (Å²) in [6.45, 7) is 8.35. The zero-order valence-corrected chi connectivity index (χ0v) is 11.2. The fourth-order valence-corrected chi connectivity index (χ4v) is 2.55. The maximum Gasteiger partial charge on any atom is 0.127 e. The van der Waals surface area contributed by atoms with Crippen LogP contribution < -0.4 is 5.73 Å². The average Bonchev–Trinajstić information content (AvgIpc) is 2.70. The van der Waals surface area contributed by atoms with E-state index in [-0.39, 0.29) is 0 Å². The molecule has 0 unspecified atom stereocenters. The molecule has 1 saturated heterocycles. The molecule has 1 aromatic heterocycles. The molecule has 0 atom stereocenters. The molecule has 2 heterocycles. The number of anilines is 1. The third kappa shape index (κ3) is 2.58. The lowest BCUT2D eigenvalue weighted by Gasteiger charge is -2.20. The Bertz CT molecular complexity index is 405. The number of rotatable bonds is 5. The smallest absolute Gasteiger partial charge is 0.127 e. The summed E-state index contributed by atoms with van der Waals surface area (Å²) in [5, 5.41) is 0. The van der Waals surface area contributed by atoms with Crippen molar-refractivity contribution >= 4 is 5.82 Å². The molecule has 0 radical (unpaired) electrons. The molecule has 0 amide bonds. The van der Waals surface area contributed by atoms with Crippen LogP contribution >= 0.6 is 0 Å². The number of aromatic nitrogens is 2. The summed E-state index contributed by atoms with van der Waals surface area (Å²) < 4.78 is 7.50. The van der Waals surface area contributed by atoms with E-state index in [2.05, 4.69) is 18.1 Å². The van der Waals surface area contributed by atoms with Gasteiger partial charge in [0.1, 0.15) is 11.6 Å². The van der Waals surface area contributed by atoms with E-state index in [0.29, 0.717) is 5.92 Å². The van der Waals surface area contributed by atoms with Gasteiger partial charge < -0.3 is 15.0 Å². The van der Waals surface area contributed by atoms with Crippen molar-refractivity contribution < 1.29 is 4.74 Å². The van der Waals surface area contributed by atoms with Gasteiger partial charge in [0.25, 0.3) is 0 Å². The highest BCUT2D eigenvalue weighted by Gasteiger charge is 2.23. The van der Waals surface area contributed by atoms with Crippen LogP contribution in [-0.2, 0) is 17.7 Å². The van der Waals surface area contributed by atoms with Gasteiger partial charge in [-0.3, -0.25) is 0 Å². The molecule has 1 aromatic rings. The molecule has 4 heteroatoms. The first-order chi connectivity index (χ1) is 8.77. The minimum atomic E-state index is 0.459. The number of nitrogens with two attached hydrogens (primary N) is 1. The molecule has 0 aliphatic carbocycles. The minimum absolute atomic E-state index is 0.459. The lowest BCUT2D eigenvalue weighted by Crippen LogP contribution is -2.16. The predicted octanol–water partition coefficient (Wildman–Crippen LogP) is 2.50. The van der Waals surface area contributed by atoms with Gasteiger partial charge in [-0.15, -0.1) is 6.58 Å². The van der Waals surface area contributed by atoms with Crippen molar-refractivity contribution in [2.45, 2.75) is 45.1 Å². The molecule has 0 spiro atoms. The number of allylic oxidation sites excluding steroid dienone is 1. The third-order valence-corrected chi connectivity index (χ3v) is 3.51. The Hall–Kier alpha value is -1.29. The first-order valence-electron chi connectivity index (χ1n) is 6.81. The molecule has 1 aliphatic rings. The van der Waals surface area contributed by atoms with E-state index >= 15 is 0 Å². The Kier molecular flexibility index (Phi) is 4.42. The van der Waals surface area contributed by atoms with E-state index in [1.807, 2.05) is 6.08 Å². The molecule has 18 heavy (non-hydrogen) atoms. The number of hydrogen-bond acceptors (Lipinski definition) is 3. The fourth-order valence-electron chi connectivity index (χ4n) is 2.55. The molecule has 100 valence electrons. The van der Waals surface area contributed by atoms with Crippen molar-refractivity contribution in [1.82, 2.24) is 9.55 Å². The van der Waals surface area contributed by atoms with Crippen molar-refractivity contribution in [2.75, 3.05) is 18.9 Å². The number of nitrogens with zero attached hydrogens (tertiary/aromatic N) is 2. The highest BCUT2D eigenvalue weighted by atomic mass is 16.5. The molecule has 0 aromatic carbocycles. The maximum atomic E-state index is 6.26. The van der Waals surface area contributed by atoms with E-state index in [4.69, 9.17) is 15.5 Å². The van der Waals surface area contributed by atoms with Crippen LogP contribution in [0.4, 0.5) is 5.82 Å². The van der Waals surface area contributed by atoms with Crippen LogP contribution in [0, 0.1) is 0 Å². The molecule has 0 saturated carbocycles. The van der Waals surface area contributed by atoms with Gasteiger partial charge in [-0.2, -0.15) is 0 Å². The highest BCUT2D eigenvalue weighted by molar-refractivity contribution is 5.41. The van der Waals surface area contributed by atoms with E-state index in [1.165, 1.54) is 0 Å². The van der Waals surface area contributed by atoms with E-state index in [1.54, 1.807) is 0 Å². The van der Waals surface area contributed by atoms with Crippen LogP contribution in [-0.4, -0.2) is 22.8 Å². The van der Waals surface area contributed by atoms with Gasteiger partial charge in [-0.05, 0) is 19.3 Å². The normalized spacial score (nSPS) is 16.9. The molecule has 1 aliphatic heterocycles. The van der Waals surface area contributed by atoms with Crippen molar-refractivity contribution in [3.8, 4) is 0 Å². The number of hydrogen-bond donors (Lipinski definition) is 1. The van der Waals surface area contributed by atoms with Gasteiger partial charge in [0.15, 0.2) is 0 Å². The van der Waals surface area contributed by atoms with E-state index < -0.39 is 0 Å². The van der Waals surface area contributed by atoms with Crippen molar-refractivity contribution in [3.05, 3.63) is 24.2 Å². The van der Waals surface area contributed by atoms with Gasteiger partial charge in [0.2, 0.25) is 0 Å². The second kappa shape index (κ2) is 6.05. The molecule has 2 rings (SSSR count). The van der Waals surface area contributed by atoms with Crippen LogP contribution in [0.2, 0.25) is 0 Å². The minimum Gasteiger partial charge on any atom is -0.384 e. The van der Waals surface area contributed by atoms with Gasteiger partial charge in [-0.25, -0.2) is 4.98 Å². The SMILES string of the molecule is C=CCn1c(CCC)nc(C2CCOCC2)c1N. The Morgan fingerprint density at radius 1 is 1.50 bits per heavy atom. The number of ether oxygens (including phenoxy) is 1. The highest BCUT2D eigenvalue weighted by Crippen LogP contribution is 2.31. The maximum absolute atomic E-state index is 6.26. The summed E-state index contributed by atoms with van der Waals surface area (Å²) in [6, 6.07) is 0. The Labute approximate surface area is 109 Å². The van der Waals surface area contributed by atoms with Gasteiger partial charge in [0.05, 0.1) is 5.69 Å². The lowest BCUT2D eigenvalue weighted by atomic mass is 9.96. The zero-order valence-electron chi connectivity index (χ0n) is 11.2. The van der Waals surface area contributed by atoms with Gasteiger partial charge in [-0.1, -0.05) is 13.0 Å². The predicted molar refractivity (Wildman–Crippen MR) is 73.6 cm³/mol. The molecule has 1 fully saturated rings. The summed E-state index contributed by atoms with van der Waals surface area (Å²) in [6.07, 6.45) is 5.99.